The molecule has 0 radical (unpaired) electrons. The molecule has 1 atom stereocenters. The number of halogens is 1. The van der Waals surface area contributed by atoms with E-state index in [-0.39, 0.29) is 17.3 Å². The molecule has 0 fully saturated rings. The molecule has 4 heterocycles. The number of aryl methyl sites for hydroxylation is 1. The smallest absolute Gasteiger partial charge is 0.331 e. The third kappa shape index (κ3) is 2.68. The van der Waals surface area contributed by atoms with Gasteiger partial charge in [-0.1, -0.05) is 30.3 Å². The number of benzene rings is 1. The van der Waals surface area contributed by atoms with E-state index >= 15 is 0 Å². The maximum Gasteiger partial charge on any atom is 0.331 e. The van der Waals surface area contributed by atoms with Crippen molar-refractivity contribution in [1.82, 2.24) is 24.0 Å². The highest BCUT2D eigenvalue weighted by Crippen LogP contribution is 2.39. The van der Waals surface area contributed by atoms with Crippen LogP contribution >= 0.6 is 27.3 Å². The average Bonchev–Trinajstić information content (AvgIpc) is 3.32. The molecule has 9 heteroatoms. The Morgan fingerprint density at radius 1 is 1.17 bits per heavy atom. The first-order chi connectivity index (χ1) is 14.0. The van der Waals surface area contributed by atoms with Gasteiger partial charge in [0.05, 0.1) is 22.3 Å². The van der Waals surface area contributed by atoms with Crippen LogP contribution in [0.4, 0.5) is 0 Å². The second kappa shape index (κ2) is 6.79. The Hall–Kier alpha value is -2.49. The first-order valence-electron chi connectivity index (χ1n) is 9.21. The van der Waals surface area contributed by atoms with Crippen molar-refractivity contribution >= 4 is 38.2 Å². The molecule has 5 rings (SSSR count). The van der Waals surface area contributed by atoms with E-state index in [1.807, 2.05) is 35.7 Å². The zero-order valence-electron chi connectivity index (χ0n) is 15.8. The molecule has 4 aromatic rings. The van der Waals surface area contributed by atoms with Gasteiger partial charge in [0.25, 0.3) is 5.56 Å². The first-order valence-corrected chi connectivity index (χ1v) is 10.9. The summed E-state index contributed by atoms with van der Waals surface area (Å²) in [7, 11) is 3.26. The van der Waals surface area contributed by atoms with E-state index in [1.165, 1.54) is 11.6 Å². The molecule has 1 aliphatic heterocycles. The minimum Gasteiger partial charge on any atom is -0.339 e. The van der Waals surface area contributed by atoms with Gasteiger partial charge in [0.15, 0.2) is 0 Å². The van der Waals surface area contributed by atoms with E-state index in [2.05, 4.69) is 30.8 Å². The number of hydrogen-bond donors (Lipinski definition) is 1. The predicted octanol–water partition coefficient (Wildman–Crippen LogP) is 2.62. The maximum atomic E-state index is 13.3. The lowest BCUT2D eigenvalue weighted by Gasteiger charge is -2.26. The third-order valence-electron chi connectivity index (χ3n) is 5.45. The van der Waals surface area contributed by atoms with E-state index < -0.39 is 0 Å². The van der Waals surface area contributed by atoms with Crippen LogP contribution in [0.3, 0.4) is 0 Å². The molecule has 0 spiro atoms. The van der Waals surface area contributed by atoms with Crippen molar-refractivity contribution in [3.05, 3.63) is 71.9 Å². The van der Waals surface area contributed by atoms with Crippen LogP contribution in [-0.2, 0) is 20.6 Å². The van der Waals surface area contributed by atoms with Crippen molar-refractivity contribution in [2.24, 2.45) is 14.1 Å². The van der Waals surface area contributed by atoms with Crippen LogP contribution in [0.1, 0.15) is 16.7 Å². The third-order valence-corrected chi connectivity index (χ3v) is 7.07. The average molecular weight is 472 g/mol. The molecule has 29 heavy (non-hydrogen) atoms. The molecule has 1 unspecified atom stereocenters. The minimum absolute atomic E-state index is 0.197. The highest BCUT2D eigenvalue weighted by Gasteiger charge is 2.33. The van der Waals surface area contributed by atoms with Crippen molar-refractivity contribution in [1.29, 1.82) is 0 Å². The molecule has 0 aliphatic carbocycles. The number of rotatable bonds is 2. The van der Waals surface area contributed by atoms with Gasteiger partial charge in [-0.2, -0.15) is 0 Å². The Morgan fingerprint density at radius 3 is 2.62 bits per heavy atom. The fourth-order valence-corrected chi connectivity index (χ4v) is 5.52. The summed E-state index contributed by atoms with van der Waals surface area (Å²) in [5.74, 6) is 0. The summed E-state index contributed by atoms with van der Waals surface area (Å²) in [4.78, 5) is 30.6. The SMILES string of the molecule is Cn1c(=O)c2c(-c3ccccc3)n3c(c2n(C)c1=O)C(c1nc(Br)cs1)NCC3. The van der Waals surface area contributed by atoms with E-state index in [9.17, 15) is 9.59 Å². The quantitative estimate of drug-likeness (QED) is 0.487. The summed E-state index contributed by atoms with van der Waals surface area (Å²) < 4.78 is 5.72. The zero-order valence-corrected chi connectivity index (χ0v) is 18.2. The lowest BCUT2D eigenvalue weighted by molar-refractivity contribution is 0.470. The van der Waals surface area contributed by atoms with Gasteiger partial charge >= 0.3 is 5.69 Å². The van der Waals surface area contributed by atoms with E-state index in [1.54, 1.807) is 23.0 Å². The van der Waals surface area contributed by atoms with Crippen molar-refractivity contribution in [3.63, 3.8) is 0 Å². The maximum absolute atomic E-state index is 13.3. The van der Waals surface area contributed by atoms with Gasteiger partial charge in [-0.3, -0.25) is 13.9 Å². The van der Waals surface area contributed by atoms with E-state index in [0.717, 1.165) is 33.1 Å². The topological polar surface area (TPSA) is 73.8 Å². The molecule has 0 saturated carbocycles. The summed E-state index contributed by atoms with van der Waals surface area (Å²) in [6.07, 6.45) is 0. The standard InChI is InChI=1S/C20H18BrN5O2S/c1-24-16-13(19(27)25(2)20(24)28)15(11-6-4-3-5-7-11)26-9-8-22-14(17(16)26)18-23-12(21)10-29-18/h3-7,10,14,22H,8-9H2,1-2H3. The molecule has 0 saturated heterocycles. The van der Waals surface area contributed by atoms with Gasteiger partial charge < -0.3 is 9.88 Å². The highest BCUT2D eigenvalue weighted by molar-refractivity contribution is 9.10. The molecule has 148 valence electrons. The Bertz CT molecular complexity index is 1370. The number of hydrogen-bond acceptors (Lipinski definition) is 5. The number of nitrogens with zero attached hydrogens (tertiary/aromatic N) is 4. The summed E-state index contributed by atoms with van der Waals surface area (Å²) in [5, 5.41) is 6.93. The number of nitrogens with one attached hydrogen (secondary N) is 1. The Labute approximate surface area is 178 Å². The van der Waals surface area contributed by atoms with Crippen molar-refractivity contribution in [3.8, 4) is 11.3 Å². The van der Waals surface area contributed by atoms with Crippen LogP contribution in [0.25, 0.3) is 22.2 Å². The minimum atomic E-state index is -0.333. The summed E-state index contributed by atoms with van der Waals surface area (Å²) in [6.45, 7) is 1.44. The molecule has 7 nitrogen and oxygen atoms in total. The first kappa shape index (κ1) is 18.5. The normalized spacial score (nSPS) is 16.3. The van der Waals surface area contributed by atoms with Crippen molar-refractivity contribution in [2.45, 2.75) is 12.6 Å². The molecule has 1 N–H and O–H groups in total. The lowest BCUT2D eigenvalue weighted by atomic mass is 10.1. The van der Waals surface area contributed by atoms with E-state index in [4.69, 9.17) is 0 Å². The zero-order chi connectivity index (χ0) is 20.3. The van der Waals surface area contributed by atoms with Crippen LogP contribution in [0.5, 0.6) is 0 Å². The lowest BCUT2D eigenvalue weighted by Crippen LogP contribution is -2.38. The Morgan fingerprint density at radius 2 is 1.93 bits per heavy atom. The molecule has 0 amide bonds. The van der Waals surface area contributed by atoms with Gasteiger partial charge in [0.2, 0.25) is 0 Å². The molecular formula is C20H18BrN5O2S. The van der Waals surface area contributed by atoms with Gasteiger partial charge in [0.1, 0.15) is 15.7 Å². The van der Waals surface area contributed by atoms with Gasteiger partial charge in [0, 0.05) is 32.6 Å². The van der Waals surface area contributed by atoms with Crippen LogP contribution in [-0.4, -0.2) is 25.2 Å². The number of aromatic nitrogens is 4. The molecule has 3 aromatic heterocycles. The van der Waals surface area contributed by atoms with Gasteiger partial charge in [-0.05, 0) is 21.5 Å². The summed E-state index contributed by atoms with van der Waals surface area (Å²) in [5.41, 5.74) is 2.78. The van der Waals surface area contributed by atoms with Crippen LogP contribution in [0.15, 0.2) is 49.9 Å². The fraction of sp³-hybridized carbons (Fsp3) is 0.250. The molecule has 0 bridgehead atoms. The summed E-state index contributed by atoms with van der Waals surface area (Å²) >= 11 is 4.98. The van der Waals surface area contributed by atoms with Crippen LogP contribution < -0.4 is 16.6 Å². The van der Waals surface area contributed by atoms with Crippen LogP contribution in [0, 0.1) is 0 Å². The van der Waals surface area contributed by atoms with Crippen LogP contribution in [0.2, 0.25) is 0 Å². The number of thiazole rings is 1. The molecule has 1 aliphatic rings. The van der Waals surface area contributed by atoms with Crippen molar-refractivity contribution < 1.29 is 0 Å². The summed E-state index contributed by atoms with van der Waals surface area (Å²) in [6, 6.07) is 9.69. The van der Waals surface area contributed by atoms with Crippen molar-refractivity contribution in [2.75, 3.05) is 6.54 Å². The fourth-order valence-electron chi connectivity index (χ4n) is 4.18. The van der Waals surface area contributed by atoms with Gasteiger partial charge in [-0.25, -0.2) is 9.78 Å². The molecular weight excluding hydrogens is 454 g/mol. The Balaban J connectivity index is 1.97. The monoisotopic (exact) mass is 471 g/mol. The number of fused-ring (bicyclic) bond motifs is 3. The van der Waals surface area contributed by atoms with Gasteiger partial charge in [-0.15, -0.1) is 11.3 Å². The predicted molar refractivity (Wildman–Crippen MR) is 118 cm³/mol. The largest absolute Gasteiger partial charge is 0.339 e. The second-order valence-corrected chi connectivity index (χ2v) is 8.78. The van der Waals surface area contributed by atoms with E-state index in [0.29, 0.717) is 17.4 Å². The highest BCUT2D eigenvalue weighted by atomic mass is 79.9. The second-order valence-electron chi connectivity index (χ2n) is 7.08. The Kier molecular flexibility index (Phi) is 4.34. The molecule has 1 aromatic carbocycles.